The molecular weight excluding hydrogens is 268 g/mol. The van der Waals surface area contributed by atoms with E-state index in [0.717, 1.165) is 6.42 Å². The van der Waals surface area contributed by atoms with Crippen LogP contribution in [0.1, 0.15) is 37.9 Å². The Morgan fingerprint density at radius 3 is 2.48 bits per heavy atom. The van der Waals surface area contributed by atoms with Gasteiger partial charge in [-0.25, -0.2) is 0 Å². The molecule has 5 nitrogen and oxygen atoms in total. The van der Waals surface area contributed by atoms with Crippen LogP contribution in [0.2, 0.25) is 0 Å². The van der Waals surface area contributed by atoms with Crippen LogP contribution in [0.25, 0.3) is 0 Å². The molecule has 0 aliphatic heterocycles. The van der Waals surface area contributed by atoms with Crippen molar-refractivity contribution in [3.05, 3.63) is 29.8 Å². The second-order valence-electron chi connectivity index (χ2n) is 5.53. The van der Waals surface area contributed by atoms with Crippen molar-refractivity contribution in [3.8, 4) is 11.8 Å². The minimum absolute atomic E-state index is 0.281. The van der Waals surface area contributed by atoms with Gasteiger partial charge in [-0.3, -0.25) is 4.79 Å². The number of hydrogen-bond donors (Lipinski definition) is 2. The van der Waals surface area contributed by atoms with Gasteiger partial charge in [-0.2, -0.15) is 5.26 Å². The summed E-state index contributed by atoms with van der Waals surface area (Å²) in [7, 11) is 1.58. The van der Waals surface area contributed by atoms with Crippen molar-refractivity contribution in [2.45, 2.75) is 38.3 Å². The number of ether oxygens (including phenoxy) is 1. The summed E-state index contributed by atoms with van der Waals surface area (Å²) in [6.45, 7) is 1.73. The lowest BCUT2D eigenvalue weighted by molar-refractivity contribution is -0.133. The van der Waals surface area contributed by atoms with Gasteiger partial charge in [0.25, 0.3) is 0 Å². The molecule has 1 saturated carbocycles. The van der Waals surface area contributed by atoms with Gasteiger partial charge in [0.1, 0.15) is 11.2 Å². The fourth-order valence-electron chi connectivity index (χ4n) is 2.43. The number of nitrogens with zero attached hydrogens (tertiary/aromatic N) is 1. The highest BCUT2D eigenvalue weighted by atomic mass is 16.5. The van der Waals surface area contributed by atoms with Gasteiger partial charge < -0.3 is 15.2 Å². The fourth-order valence-corrected chi connectivity index (χ4v) is 2.43. The first-order valence-electron chi connectivity index (χ1n) is 7.06. The Hall–Kier alpha value is -2.06. The lowest BCUT2D eigenvalue weighted by Crippen LogP contribution is -2.49. The maximum atomic E-state index is 12.2. The van der Waals surface area contributed by atoms with E-state index in [2.05, 4.69) is 11.4 Å². The molecule has 1 aromatic rings. The number of aliphatic hydroxyl groups excluding tert-OH is 1. The van der Waals surface area contributed by atoms with Crippen LogP contribution in [-0.4, -0.2) is 24.2 Å². The maximum absolute atomic E-state index is 12.2. The van der Waals surface area contributed by atoms with Crippen molar-refractivity contribution in [1.82, 2.24) is 5.32 Å². The molecule has 0 bridgehead atoms. The summed E-state index contributed by atoms with van der Waals surface area (Å²) in [5.41, 5.74) is -0.198. The average molecular weight is 288 g/mol. The van der Waals surface area contributed by atoms with E-state index in [4.69, 9.17) is 10.00 Å². The van der Waals surface area contributed by atoms with Crippen molar-refractivity contribution in [2.24, 2.45) is 5.41 Å². The standard InChI is InChI=1S/C16H20N2O3/c1-11(18-15(20)16(10-17)8-3-9-16)14(19)12-4-6-13(21-2)7-5-12/h4-7,11,14,19H,3,8-9H2,1-2H3,(H,18,20). The highest BCUT2D eigenvalue weighted by Crippen LogP contribution is 2.40. The molecule has 1 fully saturated rings. The van der Waals surface area contributed by atoms with Crippen LogP contribution in [0.4, 0.5) is 0 Å². The first-order valence-corrected chi connectivity index (χ1v) is 7.06. The number of methoxy groups -OCH3 is 1. The minimum atomic E-state index is -0.895. The van der Waals surface area contributed by atoms with Gasteiger partial charge in [-0.15, -0.1) is 0 Å². The molecule has 0 spiro atoms. The third kappa shape index (κ3) is 3.01. The van der Waals surface area contributed by atoms with Crippen molar-refractivity contribution in [1.29, 1.82) is 5.26 Å². The summed E-state index contributed by atoms with van der Waals surface area (Å²) < 4.78 is 5.07. The lowest BCUT2D eigenvalue weighted by Gasteiger charge is -2.35. The molecule has 2 unspecified atom stereocenters. The average Bonchev–Trinajstić information content (AvgIpc) is 2.46. The van der Waals surface area contributed by atoms with Crippen LogP contribution >= 0.6 is 0 Å². The van der Waals surface area contributed by atoms with E-state index < -0.39 is 17.6 Å². The first kappa shape index (κ1) is 15.3. The quantitative estimate of drug-likeness (QED) is 0.867. The van der Waals surface area contributed by atoms with Crippen LogP contribution in [0.15, 0.2) is 24.3 Å². The molecule has 5 heteroatoms. The zero-order valence-electron chi connectivity index (χ0n) is 12.3. The predicted molar refractivity (Wildman–Crippen MR) is 77.5 cm³/mol. The Kier molecular flexibility index (Phi) is 4.49. The normalized spacial score (nSPS) is 18.8. The summed E-state index contributed by atoms with van der Waals surface area (Å²) in [6.07, 6.45) is 1.27. The second kappa shape index (κ2) is 6.15. The zero-order chi connectivity index (χ0) is 15.5. The van der Waals surface area contributed by atoms with Crippen molar-refractivity contribution < 1.29 is 14.6 Å². The molecule has 0 radical (unpaired) electrons. The molecule has 0 saturated heterocycles. The molecule has 21 heavy (non-hydrogen) atoms. The largest absolute Gasteiger partial charge is 0.497 e. The Morgan fingerprint density at radius 2 is 2.05 bits per heavy atom. The summed E-state index contributed by atoms with van der Waals surface area (Å²) in [5.74, 6) is 0.428. The number of benzene rings is 1. The smallest absolute Gasteiger partial charge is 0.240 e. The second-order valence-corrected chi connectivity index (χ2v) is 5.53. The molecule has 1 amide bonds. The van der Waals surface area contributed by atoms with Crippen molar-refractivity contribution in [2.75, 3.05) is 7.11 Å². The summed E-state index contributed by atoms with van der Waals surface area (Å²) in [6, 6.07) is 8.68. The van der Waals surface area contributed by atoms with Gasteiger partial charge >= 0.3 is 0 Å². The number of nitriles is 1. The van der Waals surface area contributed by atoms with Crippen LogP contribution in [-0.2, 0) is 4.79 Å². The van der Waals surface area contributed by atoms with E-state index >= 15 is 0 Å². The van der Waals surface area contributed by atoms with Crippen LogP contribution < -0.4 is 10.1 Å². The van der Waals surface area contributed by atoms with Crippen LogP contribution in [0, 0.1) is 16.7 Å². The van der Waals surface area contributed by atoms with Gasteiger partial charge in [-0.05, 0) is 43.9 Å². The first-order chi connectivity index (χ1) is 10.0. The Balaban J connectivity index is 2.00. The minimum Gasteiger partial charge on any atom is -0.497 e. The van der Waals surface area contributed by atoms with E-state index in [1.54, 1.807) is 38.3 Å². The molecule has 1 aliphatic carbocycles. The zero-order valence-corrected chi connectivity index (χ0v) is 12.3. The number of nitrogens with one attached hydrogen (secondary N) is 1. The van der Waals surface area contributed by atoms with Crippen molar-refractivity contribution in [3.63, 3.8) is 0 Å². The van der Waals surface area contributed by atoms with E-state index in [1.807, 2.05) is 0 Å². The molecule has 1 aromatic carbocycles. The number of aliphatic hydroxyl groups is 1. The van der Waals surface area contributed by atoms with E-state index in [9.17, 15) is 9.90 Å². The molecular formula is C16H20N2O3. The maximum Gasteiger partial charge on any atom is 0.240 e. The summed E-state index contributed by atoms with van der Waals surface area (Å²) in [5, 5.41) is 22.2. The summed E-state index contributed by atoms with van der Waals surface area (Å²) in [4.78, 5) is 12.2. The Labute approximate surface area is 124 Å². The number of carbonyl (C=O) groups is 1. The number of hydrogen-bond acceptors (Lipinski definition) is 4. The predicted octanol–water partition coefficient (Wildman–Crippen LogP) is 1.93. The fraction of sp³-hybridized carbons (Fsp3) is 0.500. The molecule has 2 N–H and O–H groups in total. The van der Waals surface area contributed by atoms with Gasteiger partial charge in [0, 0.05) is 0 Å². The Morgan fingerprint density at radius 1 is 1.43 bits per heavy atom. The molecule has 1 aliphatic rings. The van der Waals surface area contributed by atoms with Crippen molar-refractivity contribution >= 4 is 5.91 Å². The van der Waals surface area contributed by atoms with Crippen LogP contribution in [0.3, 0.4) is 0 Å². The van der Waals surface area contributed by atoms with Gasteiger partial charge in [0.05, 0.1) is 25.3 Å². The SMILES string of the molecule is COc1ccc(C(O)C(C)NC(=O)C2(C#N)CCC2)cc1. The number of amides is 1. The summed E-state index contributed by atoms with van der Waals surface area (Å²) >= 11 is 0. The topological polar surface area (TPSA) is 82.3 Å². The molecule has 2 atom stereocenters. The third-order valence-electron chi connectivity index (χ3n) is 4.15. The van der Waals surface area contributed by atoms with Gasteiger partial charge in [0.2, 0.25) is 5.91 Å². The number of rotatable bonds is 5. The van der Waals surface area contributed by atoms with Crippen LogP contribution in [0.5, 0.6) is 5.75 Å². The molecule has 0 aromatic heterocycles. The van der Waals surface area contributed by atoms with Gasteiger partial charge in [0.15, 0.2) is 0 Å². The Bertz CT molecular complexity index is 544. The molecule has 0 heterocycles. The number of carbonyl (C=O) groups excluding carboxylic acids is 1. The van der Waals surface area contributed by atoms with E-state index in [0.29, 0.717) is 24.2 Å². The van der Waals surface area contributed by atoms with Gasteiger partial charge in [-0.1, -0.05) is 12.1 Å². The molecule has 112 valence electrons. The third-order valence-corrected chi connectivity index (χ3v) is 4.15. The highest BCUT2D eigenvalue weighted by molar-refractivity contribution is 5.86. The highest BCUT2D eigenvalue weighted by Gasteiger charge is 2.45. The molecule has 2 rings (SSSR count). The van der Waals surface area contributed by atoms with E-state index in [1.165, 1.54) is 0 Å². The monoisotopic (exact) mass is 288 g/mol. The van der Waals surface area contributed by atoms with E-state index in [-0.39, 0.29) is 5.91 Å². The lowest BCUT2D eigenvalue weighted by atomic mass is 9.69.